The summed E-state index contributed by atoms with van der Waals surface area (Å²) >= 11 is 0. The first kappa shape index (κ1) is 10.9. The lowest BCUT2D eigenvalue weighted by atomic mass is 10.1. The molecular formula is C11H12N4. The fourth-order valence-corrected chi connectivity index (χ4v) is 1.46. The molecule has 76 valence electrons. The van der Waals surface area contributed by atoms with Gasteiger partial charge in [-0.05, 0) is 25.1 Å². The minimum Gasteiger partial charge on any atom is -0.317 e. The normalized spacial score (nSPS) is 9.13. The Morgan fingerprint density at radius 3 is 2.73 bits per heavy atom. The Balaban J connectivity index is 0.000000531. The molecule has 15 heavy (non-hydrogen) atoms. The molecule has 0 aliphatic heterocycles. The first-order valence-electron chi connectivity index (χ1n) is 4.33. The van der Waals surface area contributed by atoms with E-state index in [2.05, 4.69) is 22.7 Å². The maximum Gasteiger partial charge on any atom is 0.143 e. The number of aromatic nitrogens is 3. The number of hydrogen-bond donors (Lipinski definition) is 1. The van der Waals surface area contributed by atoms with Gasteiger partial charge in [-0.15, -0.1) is 6.42 Å². The fraction of sp³-hybridized carbons (Fsp3) is 0.182. The highest BCUT2D eigenvalue weighted by molar-refractivity contribution is 5.86. The number of hydrogen-bond acceptors (Lipinski definition) is 3. The number of fused-ring (bicyclic) bond motifs is 1. The summed E-state index contributed by atoms with van der Waals surface area (Å²) in [6, 6.07) is 0. The van der Waals surface area contributed by atoms with Crippen molar-refractivity contribution in [3.63, 3.8) is 0 Å². The van der Waals surface area contributed by atoms with Gasteiger partial charge in [-0.3, -0.25) is 9.67 Å². The number of rotatable bonds is 0. The smallest absolute Gasteiger partial charge is 0.143 e. The van der Waals surface area contributed by atoms with Gasteiger partial charge < -0.3 is 5.41 Å². The molecule has 0 aliphatic rings. The third-order valence-electron chi connectivity index (χ3n) is 2.09. The van der Waals surface area contributed by atoms with Crippen LogP contribution in [0.4, 0.5) is 0 Å². The molecule has 4 nitrogen and oxygen atoms in total. The largest absolute Gasteiger partial charge is 0.317 e. The van der Waals surface area contributed by atoms with Crippen LogP contribution < -0.4 is 0 Å². The van der Waals surface area contributed by atoms with Gasteiger partial charge in [0, 0.05) is 18.6 Å². The van der Waals surface area contributed by atoms with E-state index in [9.17, 15) is 0 Å². The zero-order valence-corrected chi connectivity index (χ0v) is 8.78. The van der Waals surface area contributed by atoms with Gasteiger partial charge in [0.05, 0.1) is 11.7 Å². The molecule has 0 radical (unpaired) electrons. The first-order valence-corrected chi connectivity index (χ1v) is 4.33. The van der Waals surface area contributed by atoms with Crippen LogP contribution in [0.3, 0.4) is 0 Å². The van der Waals surface area contributed by atoms with E-state index in [1.54, 1.807) is 17.1 Å². The van der Waals surface area contributed by atoms with E-state index in [0.29, 0.717) is 5.69 Å². The minimum atomic E-state index is 0.692. The molecule has 0 spiro atoms. The van der Waals surface area contributed by atoms with Crippen LogP contribution in [0.2, 0.25) is 0 Å². The van der Waals surface area contributed by atoms with Crippen LogP contribution >= 0.6 is 0 Å². The summed E-state index contributed by atoms with van der Waals surface area (Å²) in [4.78, 5) is 4.09. The summed E-state index contributed by atoms with van der Waals surface area (Å²) in [6.45, 7) is 4.48. The zero-order valence-electron chi connectivity index (χ0n) is 8.78. The number of nitrogens with one attached hydrogen (secondary N) is 1. The van der Waals surface area contributed by atoms with Crippen LogP contribution in [0.25, 0.3) is 10.9 Å². The second kappa shape index (κ2) is 4.38. The molecule has 2 heterocycles. The molecule has 1 N–H and O–H groups in total. The van der Waals surface area contributed by atoms with Crippen molar-refractivity contribution in [2.75, 3.05) is 0 Å². The van der Waals surface area contributed by atoms with E-state index in [1.165, 1.54) is 0 Å². The molecule has 2 rings (SSSR count). The van der Waals surface area contributed by atoms with Crippen LogP contribution in [0.5, 0.6) is 0 Å². The van der Waals surface area contributed by atoms with Crippen LogP contribution in [-0.4, -0.2) is 21.5 Å². The fourth-order valence-electron chi connectivity index (χ4n) is 1.46. The quantitative estimate of drug-likeness (QED) is 0.518. The van der Waals surface area contributed by atoms with Crippen molar-refractivity contribution >= 4 is 17.6 Å². The third kappa shape index (κ3) is 1.72. The summed E-state index contributed by atoms with van der Waals surface area (Å²) in [5, 5.41) is 10.7. The molecule has 0 atom stereocenters. The number of terminal acetylenes is 1. The lowest BCUT2D eigenvalue weighted by Gasteiger charge is -1.94. The highest BCUT2D eigenvalue weighted by atomic mass is 15.3. The summed E-state index contributed by atoms with van der Waals surface area (Å²) in [5.41, 5.74) is 2.74. The van der Waals surface area contributed by atoms with E-state index in [4.69, 9.17) is 11.8 Å². The predicted octanol–water partition coefficient (Wildman–Crippen LogP) is 1.52. The second-order valence-electron chi connectivity index (χ2n) is 2.97. The van der Waals surface area contributed by atoms with Crippen molar-refractivity contribution in [1.29, 1.82) is 5.41 Å². The average molecular weight is 200 g/mol. The van der Waals surface area contributed by atoms with Gasteiger partial charge in [0.2, 0.25) is 0 Å². The summed E-state index contributed by atoms with van der Waals surface area (Å²) in [5.74, 6) is 2.57. The Bertz CT molecular complexity index is 519. The van der Waals surface area contributed by atoms with Crippen molar-refractivity contribution in [2.24, 2.45) is 7.05 Å². The van der Waals surface area contributed by atoms with Crippen molar-refractivity contribution in [3.05, 3.63) is 23.7 Å². The molecular weight excluding hydrogens is 188 g/mol. The Morgan fingerprint density at radius 1 is 1.47 bits per heavy atom. The lowest BCUT2D eigenvalue weighted by molar-refractivity contribution is 0.791. The number of pyridine rings is 1. The van der Waals surface area contributed by atoms with E-state index < -0.39 is 0 Å². The van der Waals surface area contributed by atoms with Gasteiger partial charge >= 0.3 is 0 Å². The number of nitrogens with zero attached hydrogens (tertiary/aromatic N) is 3. The van der Waals surface area contributed by atoms with Gasteiger partial charge in [-0.25, -0.2) is 0 Å². The molecule has 0 unspecified atom stereocenters. The third-order valence-corrected chi connectivity index (χ3v) is 2.09. The Morgan fingerprint density at radius 2 is 2.13 bits per heavy atom. The Labute approximate surface area is 88.5 Å². The molecule has 0 aliphatic carbocycles. The summed E-state index contributed by atoms with van der Waals surface area (Å²) < 4.78 is 1.75. The van der Waals surface area contributed by atoms with Gasteiger partial charge in [-0.2, -0.15) is 5.10 Å². The van der Waals surface area contributed by atoms with Crippen molar-refractivity contribution in [3.8, 4) is 12.3 Å². The van der Waals surface area contributed by atoms with E-state index in [-0.39, 0.29) is 0 Å². The molecule has 0 aromatic carbocycles. The summed E-state index contributed by atoms with van der Waals surface area (Å²) in [6.07, 6.45) is 8.92. The van der Waals surface area contributed by atoms with Crippen LogP contribution in [-0.2, 0) is 7.05 Å². The Kier molecular flexibility index (Phi) is 3.19. The van der Waals surface area contributed by atoms with Crippen LogP contribution in [0.15, 0.2) is 12.4 Å². The van der Waals surface area contributed by atoms with E-state index in [1.807, 2.05) is 14.0 Å². The zero-order chi connectivity index (χ0) is 11.4. The van der Waals surface area contributed by atoms with Crippen molar-refractivity contribution in [1.82, 2.24) is 14.8 Å². The maximum atomic E-state index is 5.50. The van der Waals surface area contributed by atoms with Crippen LogP contribution in [0, 0.1) is 24.7 Å². The molecule has 0 saturated heterocycles. The molecule has 0 saturated carbocycles. The molecule has 0 bridgehead atoms. The van der Waals surface area contributed by atoms with Gasteiger partial charge in [0.1, 0.15) is 5.69 Å². The maximum absolute atomic E-state index is 5.50. The van der Waals surface area contributed by atoms with Crippen molar-refractivity contribution in [2.45, 2.75) is 6.92 Å². The predicted molar refractivity (Wildman–Crippen MR) is 61.0 cm³/mol. The molecule has 0 amide bonds. The number of aryl methyl sites for hydroxylation is 2. The molecule has 4 heteroatoms. The van der Waals surface area contributed by atoms with Gasteiger partial charge in [-0.1, -0.05) is 0 Å². The highest BCUT2D eigenvalue weighted by Gasteiger charge is 2.08. The highest BCUT2D eigenvalue weighted by Crippen LogP contribution is 2.19. The second-order valence-corrected chi connectivity index (χ2v) is 2.97. The standard InChI is InChI=1S/C10H9N3.CH3N/c1-4-8-10-7(2)5-11-6-9(10)13(3)12-8;1-2/h1,5-6H,2-3H3;2H,1H2. The van der Waals surface area contributed by atoms with Gasteiger partial charge in [0.15, 0.2) is 0 Å². The molecule has 2 aromatic heterocycles. The lowest BCUT2D eigenvalue weighted by Crippen LogP contribution is -1.89. The van der Waals surface area contributed by atoms with Gasteiger partial charge in [0.25, 0.3) is 0 Å². The monoisotopic (exact) mass is 200 g/mol. The minimum absolute atomic E-state index is 0.692. The van der Waals surface area contributed by atoms with Crippen LogP contribution in [0.1, 0.15) is 11.3 Å². The van der Waals surface area contributed by atoms with Crippen molar-refractivity contribution < 1.29 is 0 Å². The first-order chi connectivity index (χ1) is 7.24. The molecule has 0 fully saturated rings. The average Bonchev–Trinajstić information content (AvgIpc) is 2.60. The van der Waals surface area contributed by atoms with E-state index in [0.717, 1.165) is 16.5 Å². The molecule has 2 aromatic rings. The topological polar surface area (TPSA) is 54.6 Å². The SMILES string of the molecule is C#Cc1nn(C)c2cncc(C)c12.C=N. The summed E-state index contributed by atoms with van der Waals surface area (Å²) in [7, 11) is 1.87. The van der Waals surface area contributed by atoms with E-state index >= 15 is 0 Å². The Hall–Kier alpha value is -2.15.